The third kappa shape index (κ3) is 3.68. The Bertz CT molecular complexity index is 476. The first-order valence-electron chi connectivity index (χ1n) is 8.14. The van der Waals surface area contributed by atoms with Crippen LogP contribution in [-0.4, -0.2) is 66.2 Å². The molecular weight excluding hydrogens is 280 g/mol. The molecule has 0 aliphatic carbocycles. The molecule has 1 unspecified atom stereocenters. The molecule has 3 heterocycles. The summed E-state index contributed by atoms with van der Waals surface area (Å²) in [6, 6.07) is 3.98. The average Bonchev–Trinajstić information content (AvgIpc) is 2.61. The van der Waals surface area contributed by atoms with E-state index in [0.717, 1.165) is 51.3 Å². The SMILES string of the molecule is O=C(N1CCCCC1)N1CCNCC1COc1cccnc1. The van der Waals surface area contributed by atoms with Gasteiger partial charge in [0.05, 0.1) is 12.2 Å². The highest BCUT2D eigenvalue weighted by Gasteiger charge is 2.30. The predicted molar refractivity (Wildman–Crippen MR) is 83.9 cm³/mol. The average molecular weight is 304 g/mol. The smallest absolute Gasteiger partial charge is 0.320 e. The Morgan fingerprint density at radius 3 is 2.95 bits per heavy atom. The van der Waals surface area contributed by atoms with Crippen molar-refractivity contribution in [3.8, 4) is 5.75 Å². The molecule has 6 heteroatoms. The van der Waals surface area contributed by atoms with E-state index in [-0.39, 0.29) is 12.1 Å². The lowest BCUT2D eigenvalue weighted by atomic mass is 10.1. The van der Waals surface area contributed by atoms with Gasteiger partial charge in [0.25, 0.3) is 0 Å². The van der Waals surface area contributed by atoms with Crippen LogP contribution in [0.25, 0.3) is 0 Å². The highest BCUT2D eigenvalue weighted by molar-refractivity contribution is 5.75. The summed E-state index contributed by atoms with van der Waals surface area (Å²) in [6.07, 6.45) is 6.90. The number of piperazine rings is 1. The first kappa shape index (κ1) is 15.1. The van der Waals surface area contributed by atoms with Crippen molar-refractivity contribution >= 4 is 6.03 Å². The van der Waals surface area contributed by atoms with Gasteiger partial charge in [-0.3, -0.25) is 4.98 Å². The normalized spacial score (nSPS) is 22.5. The number of hydrogen-bond acceptors (Lipinski definition) is 4. The molecule has 1 atom stereocenters. The van der Waals surface area contributed by atoms with Crippen molar-refractivity contribution in [1.82, 2.24) is 20.1 Å². The number of carbonyl (C=O) groups excluding carboxylic acids is 1. The van der Waals surface area contributed by atoms with Gasteiger partial charge in [-0.05, 0) is 31.4 Å². The molecule has 2 fully saturated rings. The summed E-state index contributed by atoms with van der Waals surface area (Å²) in [7, 11) is 0. The second-order valence-corrected chi connectivity index (χ2v) is 5.88. The number of urea groups is 1. The number of carbonyl (C=O) groups is 1. The Balaban J connectivity index is 1.59. The first-order chi connectivity index (χ1) is 10.8. The van der Waals surface area contributed by atoms with E-state index >= 15 is 0 Å². The predicted octanol–water partition coefficient (Wildman–Crippen LogP) is 1.34. The molecule has 1 aromatic rings. The Kier molecular flexibility index (Phi) is 5.11. The van der Waals surface area contributed by atoms with Gasteiger partial charge in [0.1, 0.15) is 12.4 Å². The lowest BCUT2D eigenvalue weighted by Crippen LogP contribution is -2.59. The zero-order chi connectivity index (χ0) is 15.2. The second kappa shape index (κ2) is 7.45. The van der Waals surface area contributed by atoms with Crippen molar-refractivity contribution in [3.05, 3.63) is 24.5 Å². The van der Waals surface area contributed by atoms with Gasteiger partial charge in [0, 0.05) is 38.9 Å². The minimum atomic E-state index is 0.0726. The third-order valence-corrected chi connectivity index (χ3v) is 4.30. The van der Waals surface area contributed by atoms with E-state index in [1.165, 1.54) is 6.42 Å². The van der Waals surface area contributed by atoms with E-state index < -0.39 is 0 Å². The van der Waals surface area contributed by atoms with Crippen LogP contribution < -0.4 is 10.1 Å². The number of ether oxygens (including phenoxy) is 1. The second-order valence-electron chi connectivity index (χ2n) is 5.88. The molecule has 0 radical (unpaired) electrons. The number of hydrogen-bond donors (Lipinski definition) is 1. The molecule has 22 heavy (non-hydrogen) atoms. The van der Waals surface area contributed by atoms with Crippen LogP contribution in [0.15, 0.2) is 24.5 Å². The minimum Gasteiger partial charge on any atom is -0.490 e. The van der Waals surface area contributed by atoms with E-state index in [0.29, 0.717) is 6.61 Å². The van der Waals surface area contributed by atoms with Crippen molar-refractivity contribution in [1.29, 1.82) is 0 Å². The topological polar surface area (TPSA) is 57.7 Å². The van der Waals surface area contributed by atoms with E-state index in [2.05, 4.69) is 10.3 Å². The van der Waals surface area contributed by atoms with Crippen LogP contribution in [0.2, 0.25) is 0 Å². The number of nitrogens with one attached hydrogen (secondary N) is 1. The van der Waals surface area contributed by atoms with Crippen molar-refractivity contribution in [2.24, 2.45) is 0 Å². The molecule has 1 N–H and O–H groups in total. The number of piperidine rings is 1. The van der Waals surface area contributed by atoms with Crippen LogP contribution in [0.1, 0.15) is 19.3 Å². The number of likely N-dealkylation sites (tertiary alicyclic amines) is 1. The maximum Gasteiger partial charge on any atom is 0.320 e. The van der Waals surface area contributed by atoms with Crippen LogP contribution in [0.4, 0.5) is 4.79 Å². The standard InChI is InChI=1S/C16H24N4O2/c21-16(19-8-2-1-3-9-19)20-10-7-18-11-14(20)13-22-15-5-4-6-17-12-15/h4-6,12,14,18H,1-3,7-11,13H2. The lowest BCUT2D eigenvalue weighted by Gasteiger charge is -2.40. The van der Waals surface area contributed by atoms with E-state index in [1.807, 2.05) is 21.9 Å². The Morgan fingerprint density at radius 2 is 2.18 bits per heavy atom. The number of nitrogens with zero attached hydrogens (tertiary/aromatic N) is 3. The molecule has 0 bridgehead atoms. The zero-order valence-electron chi connectivity index (χ0n) is 12.9. The van der Waals surface area contributed by atoms with Crippen LogP contribution >= 0.6 is 0 Å². The highest BCUT2D eigenvalue weighted by atomic mass is 16.5. The van der Waals surface area contributed by atoms with Crippen LogP contribution in [0.5, 0.6) is 5.75 Å². The molecule has 3 rings (SSSR count). The summed E-state index contributed by atoms with van der Waals surface area (Å²) in [5.41, 5.74) is 0. The monoisotopic (exact) mass is 304 g/mol. The number of rotatable bonds is 3. The lowest BCUT2D eigenvalue weighted by molar-refractivity contribution is 0.0929. The van der Waals surface area contributed by atoms with Gasteiger partial charge in [0.2, 0.25) is 0 Å². The van der Waals surface area contributed by atoms with Gasteiger partial charge < -0.3 is 19.9 Å². The molecular formula is C16H24N4O2. The molecule has 2 saturated heterocycles. The third-order valence-electron chi connectivity index (χ3n) is 4.30. The van der Waals surface area contributed by atoms with Crippen LogP contribution in [0, 0.1) is 0 Å². The fraction of sp³-hybridized carbons (Fsp3) is 0.625. The van der Waals surface area contributed by atoms with E-state index in [4.69, 9.17) is 4.74 Å². The van der Waals surface area contributed by atoms with Crippen LogP contribution in [0.3, 0.4) is 0 Å². The Labute approximate surface area is 131 Å². The van der Waals surface area contributed by atoms with Gasteiger partial charge in [-0.1, -0.05) is 0 Å². The summed E-state index contributed by atoms with van der Waals surface area (Å²) in [5, 5.41) is 3.35. The molecule has 2 aliphatic heterocycles. The Morgan fingerprint density at radius 1 is 1.32 bits per heavy atom. The Hall–Kier alpha value is -1.82. The molecule has 6 nitrogen and oxygen atoms in total. The van der Waals surface area contributed by atoms with Crippen molar-refractivity contribution in [3.63, 3.8) is 0 Å². The maximum absolute atomic E-state index is 12.7. The molecule has 120 valence electrons. The molecule has 1 aromatic heterocycles. The van der Waals surface area contributed by atoms with Crippen molar-refractivity contribution in [2.75, 3.05) is 39.3 Å². The summed E-state index contributed by atoms with van der Waals surface area (Å²) >= 11 is 0. The van der Waals surface area contributed by atoms with E-state index in [9.17, 15) is 4.79 Å². The summed E-state index contributed by atoms with van der Waals surface area (Å²) in [4.78, 5) is 20.7. The molecule has 0 aromatic carbocycles. The summed E-state index contributed by atoms with van der Waals surface area (Å²) in [6.45, 7) is 4.65. The molecule has 2 aliphatic rings. The van der Waals surface area contributed by atoms with Crippen molar-refractivity contribution < 1.29 is 9.53 Å². The number of pyridine rings is 1. The molecule has 0 saturated carbocycles. The summed E-state index contributed by atoms with van der Waals surface area (Å²) in [5.74, 6) is 0.749. The first-order valence-corrected chi connectivity index (χ1v) is 8.14. The van der Waals surface area contributed by atoms with Gasteiger partial charge in [-0.25, -0.2) is 4.79 Å². The quantitative estimate of drug-likeness (QED) is 0.915. The number of amides is 2. The van der Waals surface area contributed by atoms with Gasteiger partial charge >= 0.3 is 6.03 Å². The maximum atomic E-state index is 12.7. The fourth-order valence-electron chi connectivity index (χ4n) is 3.05. The zero-order valence-corrected chi connectivity index (χ0v) is 12.9. The number of aromatic nitrogens is 1. The van der Waals surface area contributed by atoms with Crippen molar-refractivity contribution in [2.45, 2.75) is 25.3 Å². The van der Waals surface area contributed by atoms with Gasteiger partial charge in [0.15, 0.2) is 0 Å². The summed E-state index contributed by atoms with van der Waals surface area (Å²) < 4.78 is 5.80. The highest BCUT2D eigenvalue weighted by Crippen LogP contribution is 2.15. The molecule has 0 spiro atoms. The molecule has 2 amide bonds. The van der Waals surface area contributed by atoms with Gasteiger partial charge in [-0.15, -0.1) is 0 Å². The van der Waals surface area contributed by atoms with Gasteiger partial charge in [-0.2, -0.15) is 0 Å². The fourth-order valence-corrected chi connectivity index (χ4v) is 3.05. The largest absolute Gasteiger partial charge is 0.490 e. The van der Waals surface area contributed by atoms with E-state index in [1.54, 1.807) is 12.4 Å². The van der Waals surface area contributed by atoms with Crippen LogP contribution in [-0.2, 0) is 0 Å². The minimum absolute atomic E-state index is 0.0726.